The molecule has 0 aromatic carbocycles. The maximum absolute atomic E-state index is 11.6. The van der Waals surface area contributed by atoms with Crippen molar-refractivity contribution in [1.29, 1.82) is 0 Å². The van der Waals surface area contributed by atoms with Gasteiger partial charge in [-0.05, 0) is 6.42 Å². The minimum atomic E-state index is 0.123. The van der Waals surface area contributed by atoms with Gasteiger partial charge in [0.25, 0.3) is 0 Å². The van der Waals surface area contributed by atoms with Crippen LogP contribution in [0.25, 0.3) is 0 Å². The number of hydrogen-bond donors (Lipinski definition) is 2. The number of piperazine rings is 1. The van der Waals surface area contributed by atoms with E-state index in [1.165, 1.54) is 0 Å². The zero-order chi connectivity index (χ0) is 12.6. The molecule has 1 saturated heterocycles. The Morgan fingerprint density at radius 2 is 2.33 bits per heavy atom. The van der Waals surface area contributed by atoms with Crippen LogP contribution in [0.1, 0.15) is 12.1 Å². The van der Waals surface area contributed by atoms with Crippen molar-refractivity contribution in [3.63, 3.8) is 0 Å². The first-order chi connectivity index (χ1) is 8.84. The maximum atomic E-state index is 11.6. The molecule has 2 N–H and O–H groups in total. The van der Waals surface area contributed by atoms with E-state index in [0.717, 1.165) is 51.4 Å². The van der Waals surface area contributed by atoms with Crippen molar-refractivity contribution in [2.24, 2.45) is 0 Å². The minimum absolute atomic E-state index is 0.123. The quantitative estimate of drug-likeness (QED) is 0.768. The Balaban J connectivity index is 1.54. The molecule has 1 fully saturated rings. The lowest BCUT2D eigenvalue weighted by Gasteiger charge is -2.27. The standard InChI is InChI=1S/C12H20N4OS/c17-12(2-1-11-9-18-10-15-11)14-5-8-16-6-3-13-4-7-16/h9-10,13H,1-8H2,(H,14,17). The summed E-state index contributed by atoms with van der Waals surface area (Å²) in [6.07, 6.45) is 1.27. The third-order valence-electron chi connectivity index (χ3n) is 3.05. The van der Waals surface area contributed by atoms with Crippen LogP contribution in [0.4, 0.5) is 0 Å². The van der Waals surface area contributed by atoms with Crippen molar-refractivity contribution in [1.82, 2.24) is 20.5 Å². The molecule has 0 saturated carbocycles. The molecule has 1 aliphatic heterocycles. The monoisotopic (exact) mass is 268 g/mol. The summed E-state index contributed by atoms with van der Waals surface area (Å²) in [5.74, 6) is 0.123. The molecule has 5 nitrogen and oxygen atoms in total. The molecule has 0 spiro atoms. The summed E-state index contributed by atoms with van der Waals surface area (Å²) in [6, 6.07) is 0. The maximum Gasteiger partial charge on any atom is 0.220 e. The highest BCUT2D eigenvalue weighted by atomic mass is 32.1. The average molecular weight is 268 g/mol. The van der Waals surface area contributed by atoms with E-state index in [1.54, 1.807) is 16.8 Å². The SMILES string of the molecule is O=C(CCc1cscn1)NCCN1CCNCC1. The molecule has 1 amide bonds. The van der Waals surface area contributed by atoms with E-state index in [0.29, 0.717) is 6.42 Å². The van der Waals surface area contributed by atoms with E-state index in [9.17, 15) is 4.79 Å². The average Bonchev–Trinajstić information content (AvgIpc) is 2.91. The number of hydrogen-bond acceptors (Lipinski definition) is 5. The van der Waals surface area contributed by atoms with Crippen LogP contribution >= 0.6 is 11.3 Å². The molecule has 6 heteroatoms. The largest absolute Gasteiger partial charge is 0.355 e. The fraction of sp³-hybridized carbons (Fsp3) is 0.667. The second-order valence-corrected chi connectivity index (χ2v) is 5.14. The summed E-state index contributed by atoms with van der Waals surface area (Å²) in [5.41, 5.74) is 2.81. The Morgan fingerprint density at radius 3 is 3.06 bits per heavy atom. The molecule has 2 heterocycles. The van der Waals surface area contributed by atoms with Crippen molar-refractivity contribution in [2.45, 2.75) is 12.8 Å². The fourth-order valence-electron chi connectivity index (χ4n) is 1.98. The zero-order valence-electron chi connectivity index (χ0n) is 10.5. The zero-order valence-corrected chi connectivity index (χ0v) is 11.3. The van der Waals surface area contributed by atoms with Gasteiger partial charge in [-0.2, -0.15) is 0 Å². The van der Waals surface area contributed by atoms with E-state index in [4.69, 9.17) is 0 Å². The highest BCUT2D eigenvalue weighted by molar-refractivity contribution is 7.07. The molecular weight excluding hydrogens is 248 g/mol. The van der Waals surface area contributed by atoms with Crippen molar-refractivity contribution < 1.29 is 4.79 Å². The van der Waals surface area contributed by atoms with E-state index in [1.807, 2.05) is 5.38 Å². The van der Waals surface area contributed by atoms with Crippen molar-refractivity contribution in [2.75, 3.05) is 39.3 Å². The van der Waals surface area contributed by atoms with E-state index >= 15 is 0 Å². The predicted molar refractivity (Wildman–Crippen MR) is 72.8 cm³/mol. The molecule has 1 aromatic heterocycles. The van der Waals surface area contributed by atoms with Gasteiger partial charge < -0.3 is 10.6 Å². The summed E-state index contributed by atoms with van der Waals surface area (Å²) in [6.45, 7) is 5.96. The lowest BCUT2D eigenvalue weighted by atomic mass is 10.2. The van der Waals surface area contributed by atoms with Gasteiger partial charge in [-0.15, -0.1) is 11.3 Å². The number of thiazole rings is 1. The number of nitrogens with zero attached hydrogens (tertiary/aromatic N) is 2. The molecule has 0 unspecified atom stereocenters. The molecule has 0 bridgehead atoms. The van der Waals surface area contributed by atoms with E-state index in [2.05, 4.69) is 20.5 Å². The van der Waals surface area contributed by atoms with Crippen LogP contribution in [0, 0.1) is 0 Å². The Labute approximate surface area is 112 Å². The van der Waals surface area contributed by atoms with Crippen LogP contribution in [-0.2, 0) is 11.2 Å². The van der Waals surface area contributed by atoms with Gasteiger partial charge in [0, 0.05) is 51.1 Å². The second kappa shape index (κ2) is 7.45. The molecule has 2 rings (SSSR count). The molecular formula is C12H20N4OS. The molecule has 0 aliphatic carbocycles. The van der Waals surface area contributed by atoms with Gasteiger partial charge in [0.15, 0.2) is 0 Å². The smallest absolute Gasteiger partial charge is 0.220 e. The molecule has 1 aliphatic rings. The summed E-state index contributed by atoms with van der Waals surface area (Å²) in [4.78, 5) is 18.2. The second-order valence-electron chi connectivity index (χ2n) is 4.42. The van der Waals surface area contributed by atoms with Gasteiger partial charge in [0.2, 0.25) is 5.91 Å². The van der Waals surface area contributed by atoms with Crippen molar-refractivity contribution in [3.05, 3.63) is 16.6 Å². The van der Waals surface area contributed by atoms with Crippen molar-refractivity contribution in [3.8, 4) is 0 Å². The number of aryl methyl sites for hydroxylation is 1. The highest BCUT2D eigenvalue weighted by Gasteiger charge is 2.09. The summed E-state index contributed by atoms with van der Waals surface area (Å²) < 4.78 is 0. The lowest BCUT2D eigenvalue weighted by molar-refractivity contribution is -0.121. The van der Waals surface area contributed by atoms with Gasteiger partial charge >= 0.3 is 0 Å². The van der Waals surface area contributed by atoms with Gasteiger partial charge in [-0.3, -0.25) is 9.69 Å². The summed E-state index contributed by atoms with van der Waals surface area (Å²) >= 11 is 1.57. The number of amides is 1. The number of aromatic nitrogens is 1. The topological polar surface area (TPSA) is 57.3 Å². The van der Waals surface area contributed by atoms with Crippen molar-refractivity contribution >= 4 is 17.2 Å². The lowest BCUT2D eigenvalue weighted by Crippen LogP contribution is -2.46. The first kappa shape index (κ1) is 13.5. The first-order valence-electron chi connectivity index (χ1n) is 6.41. The third-order valence-corrected chi connectivity index (χ3v) is 3.69. The molecule has 100 valence electrons. The fourth-order valence-corrected chi connectivity index (χ4v) is 2.57. The number of rotatable bonds is 6. The van der Waals surface area contributed by atoms with Crippen LogP contribution in [0.15, 0.2) is 10.9 Å². The molecule has 0 atom stereocenters. The Hall–Kier alpha value is -0.980. The normalized spacial score (nSPS) is 16.7. The third kappa shape index (κ3) is 4.72. The molecule has 18 heavy (non-hydrogen) atoms. The minimum Gasteiger partial charge on any atom is -0.355 e. The Kier molecular flexibility index (Phi) is 5.57. The summed E-state index contributed by atoms with van der Waals surface area (Å²) in [5, 5.41) is 8.28. The first-order valence-corrected chi connectivity index (χ1v) is 7.36. The van der Waals surface area contributed by atoms with Gasteiger partial charge in [0.05, 0.1) is 11.2 Å². The Morgan fingerprint density at radius 1 is 1.50 bits per heavy atom. The number of nitrogens with one attached hydrogen (secondary N) is 2. The predicted octanol–water partition coefficient (Wildman–Crippen LogP) is 0.0971. The molecule has 1 aromatic rings. The van der Waals surface area contributed by atoms with E-state index < -0.39 is 0 Å². The van der Waals surface area contributed by atoms with Crippen LogP contribution in [0.5, 0.6) is 0 Å². The summed E-state index contributed by atoms with van der Waals surface area (Å²) in [7, 11) is 0. The van der Waals surface area contributed by atoms with Crippen LogP contribution < -0.4 is 10.6 Å². The highest BCUT2D eigenvalue weighted by Crippen LogP contribution is 2.03. The van der Waals surface area contributed by atoms with Gasteiger partial charge in [-0.1, -0.05) is 0 Å². The van der Waals surface area contributed by atoms with Gasteiger partial charge in [-0.25, -0.2) is 4.98 Å². The molecule has 0 radical (unpaired) electrons. The van der Waals surface area contributed by atoms with Gasteiger partial charge in [0.1, 0.15) is 0 Å². The number of carbonyl (C=O) groups excluding carboxylic acids is 1. The van der Waals surface area contributed by atoms with Crippen LogP contribution in [0.3, 0.4) is 0 Å². The van der Waals surface area contributed by atoms with E-state index in [-0.39, 0.29) is 5.91 Å². The van der Waals surface area contributed by atoms with Crippen LogP contribution in [0.2, 0.25) is 0 Å². The van der Waals surface area contributed by atoms with Crippen LogP contribution in [-0.4, -0.2) is 55.1 Å². The number of carbonyl (C=O) groups is 1. The Bertz CT molecular complexity index is 349.